The highest BCUT2D eigenvalue weighted by Gasteiger charge is 2.11. The summed E-state index contributed by atoms with van der Waals surface area (Å²) in [4.78, 5) is 18.6. The summed E-state index contributed by atoms with van der Waals surface area (Å²) in [5.41, 5.74) is 0.964. The van der Waals surface area contributed by atoms with Crippen molar-refractivity contribution < 1.29 is 4.79 Å². The van der Waals surface area contributed by atoms with Gasteiger partial charge in [-0.05, 0) is 38.4 Å². The fourth-order valence-corrected chi connectivity index (χ4v) is 2.22. The van der Waals surface area contributed by atoms with Gasteiger partial charge in [-0.2, -0.15) is 0 Å². The molecule has 2 aromatic rings. The van der Waals surface area contributed by atoms with E-state index in [9.17, 15) is 4.79 Å². The first-order chi connectivity index (χ1) is 11.0. The second-order valence-electron chi connectivity index (χ2n) is 5.22. The molecule has 0 saturated carbocycles. The summed E-state index contributed by atoms with van der Waals surface area (Å²) in [7, 11) is 3.99. The summed E-state index contributed by atoms with van der Waals surface area (Å²) in [6, 6.07) is 8.43. The number of hydrogen-bond donors (Lipinski definition) is 2. The molecule has 2 N–H and O–H groups in total. The number of amides is 1. The van der Waals surface area contributed by atoms with E-state index >= 15 is 0 Å². The fraction of sp³-hybridized carbons (Fsp3) is 0.250. The maximum absolute atomic E-state index is 12.3. The predicted octanol–water partition coefficient (Wildman–Crippen LogP) is 3.61. The molecular weight excluding hydrogens is 335 g/mol. The molecule has 1 aromatic carbocycles. The monoisotopic (exact) mass is 352 g/mol. The molecule has 7 heteroatoms. The van der Waals surface area contributed by atoms with E-state index in [1.54, 1.807) is 36.5 Å². The van der Waals surface area contributed by atoms with Gasteiger partial charge in [0.1, 0.15) is 5.82 Å². The number of carbonyl (C=O) groups is 1. The Morgan fingerprint density at radius 1 is 1.26 bits per heavy atom. The Morgan fingerprint density at radius 2 is 2.04 bits per heavy atom. The minimum atomic E-state index is -0.271. The number of nitrogens with one attached hydrogen (secondary N) is 2. The van der Waals surface area contributed by atoms with Crippen LogP contribution in [-0.2, 0) is 0 Å². The van der Waals surface area contributed by atoms with Crippen molar-refractivity contribution >= 4 is 40.6 Å². The molecule has 0 atom stereocenters. The van der Waals surface area contributed by atoms with Crippen LogP contribution >= 0.6 is 23.2 Å². The standard InChI is InChI=1S/C16H18Cl2N4O/c1-22(2)9-8-20-14-10-11(6-7-19-14)16(23)21-13-5-3-4-12(17)15(13)18/h3-7,10H,8-9H2,1-2H3,(H,19,20)(H,21,23). The van der Waals surface area contributed by atoms with Gasteiger partial charge in [0.15, 0.2) is 0 Å². The number of nitrogens with zero attached hydrogens (tertiary/aromatic N) is 2. The Labute approximate surface area is 145 Å². The first kappa shape index (κ1) is 17.5. The second-order valence-corrected chi connectivity index (χ2v) is 6.00. The first-order valence-electron chi connectivity index (χ1n) is 7.07. The third-order valence-corrected chi connectivity index (χ3v) is 3.91. The van der Waals surface area contributed by atoms with Gasteiger partial charge in [0.05, 0.1) is 15.7 Å². The van der Waals surface area contributed by atoms with Crippen molar-refractivity contribution in [1.29, 1.82) is 0 Å². The molecule has 1 amide bonds. The maximum Gasteiger partial charge on any atom is 0.255 e. The van der Waals surface area contributed by atoms with Crippen molar-refractivity contribution in [2.45, 2.75) is 0 Å². The lowest BCUT2D eigenvalue weighted by Gasteiger charge is -2.12. The van der Waals surface area contributed by atoms with Crippen molar-refractivity contribution in [3.05, 3.63) is 52.1 Å². The molecule has 0 spiro atoms. The minimum absolute atomic E-state index is 0.271. The quantitative estimate of drug-likeness (QED) is 0.833. The van der Waals surface area contributed by atoms with E-state index < -0.39 is 0 Å². The summed E-state index contributed by atoms with van der Waals surface area (Å²) in [6.45, 7) is 1.61. The number of halogens is 2. The van der Waals surface area contributed by atoms with E-state index in [-0.39, 0.29) is 5.91 Å². The Morgan fingerprint density at radius 3 is 2.78 bits per heavy atom. The summed E-state index contributed by atoms with van der Waals surface area (Å²) < 4.78 is 0. The van der Waals surface area contributed by atoms with Crippen LogP contribution in [0.5, 0.6) is 0 Å². The predicted molar refractivity (Wildman–Crippen MR) is 95.7 cm³/mol. The zero-order chi connectivity index (χ0) is 16.8. The Kier molecular flexibility index (Phi) is 6.21. The summed E-state index contributed by atoms with van der Waals surface area (Å²) in [6.07, 6.45) is 1.59. The van der Waals surface area contributed by atoms with Crippen molar-refractivity contribution in [2.75, 3.05) is 37.8 Å². The molecule has 0 aliphatic carbocycles. The van der Waals surface area contributed by atoms with E-state index in [4.69, 9.17) is 23.2 Å². The Balaban J connectivity index is 2.06. The van der Waals surface area contributed by atoms with Crippen LogP contribution in [0.1, 0.15) is 10.4 Å². The van der Waals surface area contributed by atoms with Crippen LogP contribution in [0.15, 0.2) is 36.5 Å². The molecule has 0 aliphatic heterocycles. The molecule has 1 aromatic heterocycles. The van der Waals surface area contributed by atoms with Gasteiger partial charge in [0.25, 0.3) is 5.91 Å². The maximum atomic E-state index is 12.3. The van der Waals surface area contributed by atoms with Crippen molar-refractivity contribution in [3.8, 4) is 0 Å². The SMILES string of the molecule is CN(C)CCNc1cc(C(=O)Nc2cccc(Cl)c2Cl)ccn1. The second kappa shape index (κ2) is 8.15. The molecular formula is C16H18Cl2N4O. The molecule has 122 valence electrons. The largest absolute Gasteiger partial charge is 0.369 e. The number of benzene rings is 1. The number of likely N-dealkylation sites (N-methyl/N-ethyl adjacent to an activating group) is 1. The lowest BCUT2D eigenvalue weighted by atomic mass is 10.2. The van der Waals surface area contributed by atoms with Gasteiger partial charge in [0.2, 0.25) is 0 Å². The van der Waals surface area contributed by atoms with E-state index in [0.29, 0.717) is 27.1 Å². The van der Waals surface area contributed by atoms with Gasteiger partial charge in [0, 0.05) is 24.8 Å². The van der Waals surface area contributed by atoms with Crippen LogP contribution in [0, 0.1) is 0 Å². The highest BCUT2D eigenvalue weighted by atomic mass is 35.5. The van der Waals surface area contributed by atoms with Crippen LogP contribution in [-0.4, -0.2) is 43.0 Å². The molecule has 0 saturated heterocycles. The average Bonchev–Trinajstić information content (AvgIpc) is 2.52. The molecule has 0 unspecified atom stereocenters. The van der Waals surface area contributed by atoms with Gasteiger partial charge in [-0.3, -0.25) is 4.79 Å². The van der Waals surface area contributed by atoms with Crippen LogP contribution in [0.4, 0.5) is 11.5 Å². The lowest BCUT2D eigenvalue weighted by Crippen LogP contribution is -2.21. The van der Waals surface area contributed by atoms with Crippen LogP contribution < -0.4 is 10.6 Å². The smallest absolute Gasteiger partial charge is 0.255 e. The zero-order valence-corrected chi connectivity index (χ0v) is 14.4. The normalized spacial score (nSPS) is 10.7. The number of carbonyl (C=O) groups excluding carboxylic acids is 1. The first-order valence-corrected chi connectivity index (χ1v) is 7.83. The van der Waals surface area contributed by atoms with Crippen LogP contribution in [0.2, 0.25) is 10.0 Å². The van der Waals surface area contributed by atoms with E-state index in [1.165, 1.54) is 0 Å². The highest BCUT2D eigenvalue weighted by Crippen LogP contribution is 2.29. The molecule has 5 nitrogen and oxygen atoms in total. The molecule has 0 bridgehead atoms. The molecule has 23 heavy (non-hydrogen) atoms. The number of pyridine rings is 1. The lowest BCUT2D eigenvalue weighted by molar-refractivity contribution is 0.102. The molecule has 2 rings (SSSR count). The number of aromatic nitrogens is 1. The molecule has 0 radical (unpaired) electrons. The van der Waals surface area contributed by atoms with Crippen molar-refractivity contribution in [3.63, 3.8) is 0 Å². The van der Waals surface area contributed by atoms with Gasteiger partial charge in [-0.15, -0.1) is 0 Å². The third-order valence-electron chi connectivity index (χ3n) is 3.09. The van der Waals surface area contributed by atoms with Gasteiger partial charge in [-0.25, -0.2) is 4.98 Å². The molecule has 1 heterocycles. The van der Waals surface area contributed by atoms with Crippen LogP contribution in [0.25, 0.3) is 0 Å². The summed E-state index contributed by atoms with van der Waals surface area (Å²) in [5.74, 6) is 0.379. The highest BCUT2D eigenvalue weighted by molar-refractivity contribution is 6.44. The Bertz CT molecular complexity index is 692. The number of hydrogen-bond acceptors (Lipinski definition) is 4. The van der Waals surface area contributed by atoms with Crippen LogP contribution in [0.3, 0.4) is 0 Å². The number of anilines is 2. The summed E-state index contributed by atoms with van der Waals surface area (Å²) >= 11 is 12.0. The van der Waals surface area contributed by atoms with E-state index in [2.05, 4.69) is 20.5 Å². The minimum Gasteiger partial charge on any atom is -0.369 e. The van der Waals surface area contributed by atoms with Gasteiger partial charge in [-0.1, -0.05) is 29.3 Å². The summed E-state index contributed by atoms with van der Waals surface area (Å²) in [5, 5.41) is 6.64. The third kappa shape index (κ3) is 5.10. The zero-order valence-electron chi connectivity index (χ0n) is 12.9. The average molecular weight is 353 g/mol. The van der Waals surface area contributed by atoms with Gasteiger partial charge >= 0.3 is 0 Å². The van der Waals surface area contributed by atoms with Crippen molar-refractivity contribution in [2.24, 2.45) is 0 Å². The van der Waals surface area contributed by atoms with E-state index in [1.807, 2.05) is 14.1 Å². The van der Waals surface area contributed by atoms with Gasteiger partial charge < -0.3 is 15.5 Å². The Hall–Kier alpha value is -1.82. The number of rotatable bonds is 6. The van der Waals surface area contributed by atoms with Crippen molar-refractivity contribution in [1.82, 2.24) is 9.88 Å². The molecule has 0 fully saturated rings. The van der Waals surface area contributed by atoms with E-state index in [0.717, 1.165) is 13.1 Å². The fourth-order valence-electron chi connectivity index (χ4n) is 1.87. The molecule has 0 aliphatic rings. The topological polar surface area (TPSA) is 57.3 Å².